The average molecular weight is 597 g/mol. The molecule has 0 radical (unpaired) electrons. The third-order valence-electron chi connectivity index (χ3n) is 5.67. The van der Waals surface area contributed by atoms with Gasteiger partial charge in [0.25, 0.3) is 11.8 Å². The van der Waals surface area contributed by atoms with Crippen molar-refractivity contribution in [3.05, 3.63) is 70.3 Å². The largest absolute Gasteiger partial charge is 0.507 e. The summed E-state index contributed by atoms with van der Waals surface area (Å²) in [6.07, 6.45) is 0. The van der Waals surface area contributed by atoms with Crippen LogP contribution in [-0.4, -0.2) is 70.0 Å². The lowest BCUT2D eigenvalue weighted by atomic mass is 10.1. The fraction of sp³-hybridized carbons (Fsp3) is 0.207. The van der Waals surface area contributed by atoms with E-state index in [2.05, 4.69) is 10.6 Å². The van der Waals surface area contributed by atoms with Crippen LogP contribution in [0.5, 0.6) is 23.0 Å². The van der Waals surface area contributed by atoms with Crippen molar-refractivity contribution in [3.8, 4) is 23.0 Å². The Morgan fingerprint density at radius 2 is 0.837 bits per heavy atom. The maximum Gasteiger partial charge on any atom is 0.342 e. The second-order valence-electron chi connectivity index (χ2n) is 8.64. The molecular weight excluding hydrogens is 568 g/mol. The number of hydrogen-bond acceptors (Lipinski definition) is 12. The SMILES string of the molecule is CCOC(=O)c1cc(NC(=O)c2cc(O)c(C(=O)OCC)cc2O)cc(NC(=O)c2cc(O)c(C(=O)OCC)cc2O)c1. The summed E-state index contributed by atoms with van der Waals surface area (Å²) < 4.78 is 14.6. The summed E-state index contributed by atoms with van der Waals surface area (Å²) in [5, 5.41) is 45.9. The highest BCUT2D eigenvalue weighted by molar-refractivity contribution is 6.10. The van der Waals surface area contributed by atoms with Gasteiger partial charge < -0.3 is 45.3 Å². The molecule has 3 rings (SSSR count). The quantitative estimate of drug-likeness (QED) is 0.112. The van der Waals surface area contributed by atoms with Crippen molar-refractivity contribution in [3.63, 3.8) is 0 Å². The zero-order chi connectivity index (χ0) is 31.8. The van der Waals surface area contributed by atoms with Gasteiger partial charge in [0.2, 0.25) is 0 Å². The molecule has 0 aromatic heterocycles. The van der Waals surface area contributed by atoms with Crippen LogP contribution in [0.1, 0.15) is 72.6 Å². The molecule has 0 atom stereocenters. The predicted molar refractivity (Wildman–Crippen MR) is 150 cm³/mol. The molecule has 3 aromatic carbocycles. The van der Waals surface area contributed by atoms with Crippen molar-refractivity contribution in [1.29, 1.82) is 0 Å². The number of aromatic hydroxyl groups is 4. The van der Waals surface area contributed by atoms with Crippen molar-refractivity contribution in [2.45, 2.75) is 20.8 Å². The molecule has 0 heterocycles. The molecule has 6 N–H and O–H groups in total. The van der Waals surface area contributed by atoms with E-state index in [1.807, 2.05) is 0 Å². The average Bonchev–Trinajstić information content (AvgIpc) is 2.95. The summed E-state index contributed by atoms with van der Waals surface area (Å²) in [4.78, 5) is 62.4. The Morgan fingerprint density at radius 1 is 0.512 bits per heavy atom. The fourth-order valence-corrected chi connectivity index (χ4v) is 3.76. The first-order valence-corrected chi connectivity index (χ1v) is 12.8. The van der Waals surface area contributed by atoms with Gasteiger partial charge in [-0.1, -0.05) is 0 Å². The first-order valence-electron chi connectivity index (χ1n) is 12.8. The molecule has 0 aliphatic carbocycles. The molecule has 0 saturated carbocycles. The standard InChI is InChI=1S/C29H28N2O12/c1-4-41-27(38)14-7-15(30-25(36)17-10-23(34)19(12-21(17)32)28(39)42-5-2)9-16(8-14)31-26(37)18-11-24(35)20(13-22(18)33)29(40)43-6-3/h7-13,32-35H,4-6H2,1-3H3,(H,30,36)(H,31,37). The van der Waals surface area contributed by atoms with E-state index in [1.54, 1.807) is 20.8 Å². The molecule has 2 amide bonds. The number of nitrogens with one attached hydrogen (secondary N) is 2. The molecule has 0 fully saturated rings. The van der Waals surface area contributed by atoms with Crippen molar-refractivity contribution in [1.82, 2.24) is 0 Å². The molecule has 43 heavy (non-hydrogen) atoms. The van der Waals surface area contributed by atoms with Gasteiger partial charge in [0.05, 0.1) is 36.5 Å². The fourth-order valence-electron chi connectivity index (χ4n) is 3.76. The van der Waals surface area contributed by atoms with E-state index < -0.39 is 63.8 Å². The summed E-state index contributed by atoms with van der Waals surface area (Å²) in [5.41, 5.74) is -1.83. The lowest BCUT2D eigenvalue weighted by Gasteiger charge is -2.14. The maximum absolute atomic E-state index is 13.0. The van der Waals surface area contributed by atoms with Gasteiger partial charge >= 0.3 is 17.9 Å². The van der Waals surface area contributed by atoms with Gasteiger partial charge in [-0.2, -0.15) is 0 Å². The summed E-state index contributed by atoms with van der Waals surface area (Å²) >= 11 is 0. The van der Waals surface area contributed by atoms with Crippen LogP contribution < -0.4 is 10.6 Å². The molecule has 0 saturated heterocycles. The minimum atomic E-state index is -0.960. The second-order valence-corrected chi connectivity index (χ2v) is 8.64. The number of amides is 2. The van der Waals surface area contributed by atoms with Gasteiger partial charge in [0.15, 0.2) is 0 Å². The normalized spacial score (nSPS) is 10.4. The molecular formula is C29H28N2O12. The highest BCUT2D eigenvalue weighted by Gasteiger charge is 2.23. The van der Waals surface area contributed by atoms with Crippen LogP contribution in [0.2, 0.25) is 0 Å². The third-order valence-corrected chi connectivity index (χ3v) is 5.67. The Hall–Kier alpha value is -5.79. The van der Waals surface area contributed by atoms with Gasteiger partial charge in [-0.25, -0.2) is 14.4 Å². The summed E-state index contributed by atoms with van der Waals surface area (Å²) in [5.74, 6) is -7.15. The van der Waals surface area contributed by atoms with Crippen LogP contribution in [0.4, 0.5) is 11.4 Å². The van der Waals surface area contributed by atoms with Crippen LogP contribution >= 0.6 is 0 Å². The number of phenols is 4. The smallest absolute Gasteiger partial charge is 0.342 e. The Labute approximate surface area is 244 Å². The number of benzene rings is 3. The monoisotopic (exact) mass is 596 g/mol. The molecule has 0 spiro atoms. The lowest BCUT2D eigenvalue weighted by molar-refractivity contribution is 0.0512. The van der Waals surface area contributed by atoms with Gasteiger partial charge in [-0.05, 0) is 63.2 Å². The molecule has 0 aliphatic rings. The number of ether oxygens (including phenoxy) is 3. The zero-order valence-electron chi connectivity index (χ0n) is 23.2. The highest BCUT2D eigenvalue weighted by atomic mass is 16.5. The van der Waals surface area contributed by atoms with Gasteiger partial charge in [-0.15, -0.1) is 0 Å². The number of esters is 3. The van der Waals surface area contributed by atoms with Gasteiger partial charge in [-0.3, -0.25) is 9.59 Å². The third kappa shape index (κ3) is 7.49. The number of phenolic OH excluding ortho intramolecular Hbond substituents is 4. The van der Waals surface area contributed by atoms with Gasteiger partial charge in [0.1, 0.15) is 34.1 Å². The Kier molecular flexibility index (Phi) is 10.1. The topological polar surface area (TPSA) is 218 Å². The van der Waals surface area contributed by atoms with Crippen LogP contribution in [0.3, 0.4) is 0 Å². The minimum Gasteiger partial charge on any atom is -0.507 e. The highest BCUT2D eigenvalue weighted by Crippen LogP contribution is 2.31. The van der Waals surface area contributed by atoms with E-state index in [0.717, 1.165) is 24.3 Å². The molecule has 0 aliphatic heterocycles. The van der Waals surface area contributed by atoms with Crippen LogP contribution in [0.15, 0.2) is 42.5 Å². The summed E-state index contributed by atoms with van der Waals surface area (Å²) in [6.45, 7) is 4.69. The molecule has 0 unspecified atom stereocenters. The number of rotatable bonds is 10. The van der Waals surface area contributed by atoms with Crippen molar-refractivity contribution < 1.29 is 58.6 Å². The van der Waals surface area contributed by atoms with E-state index in [-0.39, 0.29) is 47.9 Å². The van der Waals surface area contributed by atoms with Crippen LogP contribution in [0, 0.1) is 0 Å². The van der Waals surface area contributed by atoms with Crippen LogP contribution in [0.25, 0.3) is 0 Å². The van der Waals surface area contributed by atoms with Crippen molar-refractivity contribution >= 4 is 41.1 Å². The summed E-state index contributed by atoms with van der Waals surface area (Å²) in [6, 6.07) is 7.08. The molecule has 14 heteroatoms. The number of carbonyl (C=O) groups is 5. The second kappa shape index (κ2) is 13.7. The van der Waals surface area contributed by atoms with E-state index in [9.17, 15) is 44.4 Å². The number of hydrogen-bond donors (Lipinski definition) is 6. The van der Waals surface area contributed by atoms with Crippen molar-refractivity contribution in [2.24, 2.45) is 0 Å². The number of carbonyl (C=O) groups excluding carboxylic acids is 5. The van der Waals surface area contributed by atoms with Crippen molar-refractivity contribution in [2.75, 3.05) is 30.5 Å². The van der Waals surface area contributed by atoms with Crippen LogP contribution in [-0.2, 0) is 14.2 Å². The van der Waals surface area contributed by atoms with E-state index >= 15 is 0 Å². The zero-order valence-corrected chi connectivity index (χ0v) is 23.2. The van der Waals surface area contributed by atoms with E-state index in [4.69, 9.17) is 14.2 Å². The minimum absolute atomic E-state index is 0.0105. The Bertz CT molecular complexity index is 1490. The van der Waals surface area contributed by atoms with E-state index in [1.165, 1.54) is 18.2 Å². The maximum atomic E-state index is 13.0. The predicted octanol–water partition coefficient (Wildman–Crippen LogP) is 3.54. The molecule has 0 bridgehead atoms. The number of anilines is 2. The Morgan fingerprint density at radius 3 is 1.21 bits per heavy atom. The van der Waals surface area contributed by atoms with E-state index in [0.29, 0.717) is 0 Å². The Balaban J connectivity index is 1.94. The molecule has 3 aromatic rings. The molecule has 226 valence electrons. The van der Waals surface area contributed by atoms with Gasteiger partial charge in [0, 0.05) is 11.4 Å². The molecule has 14 nitrogen and oxygen atoms in total. The first-order chi connectivity index (χ1) is 20.4. The summed E-state index contributed by atoms with van der Waals surface area (Å²) in [7, 11) is 0. The first kappa shape index (κ1) is 31.7. The lowest BCUT2D eigenvalue weighted by Crippen LogP contribution is -2.16.